The van der Waals surface area contributed by atoms with Crippen molar-refractivity contribution in [3.05, 3.63) is 65.2 Å². The number of carbonyl (C=O) groups excluding carboxylic acids is 2. The lowest BCUT2D eigenvalue weighted by Gasteiger charge is -2.19. The molecule has 1 aliphatic rings. The molecule has 166 valence electrons. The number of carbonyl (C=O) groups is 2. The molecule has 0 aliphatic carbocycles. The molecule has 0 bridgehead atoms. The van der Waals surface area contributed by atoms with Crippen molar-refractivity contribution < 1.29 is 18.0 Å². The molecule has 1 saturated heterocycles. The fraction of sp³-hybridized carbons (Fsp3) is 0.273. The van der Waals surface area contributed by atoms with E-state index in [4.69, 9.17) is 0 Å². The maximum atomic E-state index is 12.6. The van der Waals surface area contributed by atoms with Crippen molar-refractivity contribution in [2.75, 3.05) is 22.5 Å². The van der Waals surface area contributed by atoms with Crippen molar-refractivity contribution in [2.45, 2.75) is 30.6 Å². The number of sulfone groups is 1. The summed E-state index contributed by atoms with van der Waals surface area (Å²) in [5, 5.41) is 11.5. The van der Waals surface area contributed by atoms with E-state index in [1.807, 2.05) is 24.3 Å². The first-order valence-electron chi connectivity index (χ1n) is 10.2. The average molecular weight is 471 g/mol. The van der Waals surface area contributed by atoms with Gasteiger partial charge in [-0.25, -0.2) is 8.42 Å². The van der Waals surface area contributed by atoms with Gasteiger partial charge in [0.25, 0.3) is 0 Å². The van der Waals surface area contributed by atoms with Crippen LogP contribution in [0, 0.1) is 0 Å². The number of aryl methyl sites for hydroxylation is 1. The molecule has 1 aromatic heterocycles. The Kier molecular flexibility index (Phi) is 6.33. The largest absolute Gasteiger partial charge is 0.311 e. The third kappa shape index (κ3) is 4.71. The summed E-state index contributed by atoms with van der Waals surface area (Å²) in [6, 6.07) is 15.6. The van der Waals surface area contributed by atoms with Crippen molar-refractivity contribution in [3.63, 3.8) is 0 Å². The van der Waals surface area contributed by atoms with Crippen LogP contribution < -0.4 is 10.2 Å². The quantitative estimate of drug-likeness (QED) is 0.568. The molecular weight excluding hydrogens is 448 g/mol. The van der Waals surface area contributed by atoms with Crippen molar-refractivity contribution in [2.24, 2.45) is 0 Å². The fourth-order valence-electron chi connectivity index (χ4n) is 3.67. The summed E-state index contributed by atoms with van der Waals surface area (Å²) in [6.07, 6.45) is 1.13. The van der Waals surface area contributed by atoms with Gasteiger partial charge in [-0.05, 0) is 30.2 Å². The molecule has 0 spiro atoms. The molecule has 0 saturated carbocycles. The molecule has 3 aromatic rings. The van der Waals surface area contributed by atoms with Crippen molar-refractivity contribution in [3.8, 4) is 0 Å². The Morgan fingerprint density at radius 1 is 1.12 bits per heavy atom. The maximum absolute atomic E-state index is 12.6. The minimum Gasteiger partial charge on any atom is -0.311 e. The second-order valence-electron chi connectivity index (χ2n) is 7.45. The Hall–Kier alpha value is -3.11. The minimum atomic E-state index is -3.75. The highest BCUT2D eigenvalue weighted by molar-refractivity contribution is 7.92. The van der Waals surface area contributed by atoms with Gasteiger partial charge in [-0.1, -0.05) is 54.7 Å². The zero-order valence-electron chi connectivity index (χ0n) is 17.4. The Bertz CT molecular complexity index is 1240. The van der Waals surface area contributed by atoms with Crippen LogP contribution in [-0.2, 0) is 25.8 Å². The molecule has 1 N–H and O–H groups in total. The standard InChI is InChI=1S/C22H22N4O4S2/c1-2-15-8-6-7-11-18(15)26-13-16(12-20(26)28)21-24-25-22(31-21)23-19(27)14-32(29,30)17-9-4-3-5-10-17/h3-11,16H,2,12-14H2,1H3,(H,23,25,27)/t16-/m1/s1. The first kappa shape index (κ1) is 22.1. The van der Waals surface area contributed by atoms with Crippen LogP contribution in [0.1, 0.15) is 29.8 Å². The topological polar surface area (TPSA) is 109 Å². The van der Waals surface area contributed by atoms with Crippen LogP contribution in [0.5, 0.6) is 0 Å². The summed E-state index contributed by atoms with van der Waals surface area (Å²) < 4.78 is 24.7. The minimum absolute atomic E-state index is 0.0191. The molecule has 0 radical (unpaired) electrons. The molecule has 1 aliphatic heterocycles. The van der Waals surface area contributed by atoms with E-state index in [0.717, 1.165) is 29.0 Å². The highest BCUT2D eigenvalue weighted by Crippen LogP contribution is 2.35. The van der Waals surface area contributed by atoms with Crippen molar-refractivity contribution in [1.29, 1.82) is 0 Å². The van der Waals surface area contributed by atoms with Crippen LogP contribution in [0.15, 0.2) is 59.5 Å². The lowest BCUT2D eigenvalue weighted by Crippen LogP contribution is -2.25. The number of rotatable bonds is 7. The molecule has 8 nitrogen and oxygen atoms in total. The zero-order chi connectivity index (χ0) is 22.7. The van der Waals surface area contributed by atoms with Crippen molar-refractivity contribution >= 4 is 43.8 Å². The number of amides is 2. The molecule has 4 rings (SSSR count). The average Bonchev–Trinajstić information content (AvgIpc) is 3.40. The van der Waals surface area contributed by atoms with Crippen LogP contribution in [0.25, 0.3) is 0 Å². The first-order valence-corrected chi connectivity index (χ1v) is 12.6. The van der Waals surface area contributed by atoms with Crippen LogP contribution in [0.2, 0.25) is 0 Å². The predicted molar refractivity (Wildman–Crippen MR) is 123 cm³/mol. The van der Waals surface area contributed by atoms with Gasteiger partial charge in [0.05, 0.1) is 4.90 Å². The summed E-state index contributed by atoms with van der Waals surface area (Å²) in [4.78, 5) is 26.8. The van der Waals surface area contributed by atoms with Gasteiger partial charge in [-0.3, -0.25) is 14.9 Å². The third-order valence-electron chi connectivity index (χ3n) is 5.25. The zero-order valence-corrected chi connectivity index (χ0v) is 19.0. The van der Waals surface area contributed by atoms with Gasteiger partial charge >= 0.3 is 0 Å². The number of hydrogen-bond acceptors (Lipinski definition) is 7. The fourth-order valence-corrected chi connectivity index (χ4v) is 5.67. The van der Waals surface area contributed by atoms with E-state index in [9.17, 15) is 18.0 Å². The number of anilines is 2. The van der Waals surface area contributed by atoms with E-state index in [2.05, 4.69) is 22.4 Å². The maximum Gasteiger partial charge on any atom is 0.241 e. The molecule has 2 heterocycles. The smallest absolute Gasteiger partial charge is 0.241 e. The van der Waals surface area contributed by atoms with Gasteiger partial charge in [0.1, 0.15) is 10.8 Å². The number of benzene rings is 2. The van der Waals surface area contributed by atoms with Crippen molar-refractivity contribution in [1.82, 2.24) is 10.2 Å². The second kappa shape index (κ2) is 9.17. The number of para-hydroxylation sites is 1. The Morgan fingerprint density at radius 2 is 1.84 bits per heavy atom. The lowest BCUT2D eigenvalue weighted by atomic mass is 10.1. The Balaban J connectivity index is 1.42. The normalized spacial score (nSPS) is 16.3. The van der Waals surface area contributed by atoms with E-state index in [0.29, 0.717) is 18.0 Å². The number of aromatic nitrogens is 2. The van der Waals surface area contributed by atoms with Gasteiger partial charge in [0.2, 0.25) is 16.9 Å². The lowest BCUT2D eigenvalue weighted by molar-refractivity contribution is -0.117. The van der Waals surface area contributed by atoms with E-state index in [1.54, 1.807) is 23.1 Å². The molecule has 32 heavy (non-hydrogen) atoms. The predicted octanol–water partition coefficient (Wildman–Crippen LogP) is 3.03. The van der Waals surface area contributed by atoms with E-state index < -0.39 is 21.5 Å². The summed E-state index contributed by atoms with van der Waals surface area (Å²) in [7, 11) is -3.75. The molecule has 2 amide bonds. The molecule has 10 heteroatoms. The van der Waals surface area contributed by atoms with Gasteiger partial charge in [0.15, 0.2) is 9.84 Å². The number of hydrogen-bond donors (Lipinski definition) is 1. The summed E-state index contributed by atoms with van der Waals surface area (Å²) in [5.74, 6) is -1.48. The van der Waals surface area contributed by atoms with E-state index in [1.165, 1.54) is 12.1 Å². The molecule has 1 fully saturated rings. The van der Waals surface area contributed by atoms with Gasteiger partial charge in [-0.2, -0.15) is 0 Å². The molecule has 0 unspecified atom stereocenters. The highest BCUT2D eigenvalue weighted by Gasteiger charge is 2.34. The first-order chi connectivity index (χ1) is 15.4. The molecular formula is C22H22N4O4S2. The van der Waals surface area contributed by atoms with Crippen LogP contribution in [-0.4, -0.2) is 42.7 Å². The monoisotopic (exact) mass is 470 g/mol. The number of nitrogens with one attached hydrogen (secondary N) is 1. The third-order valence-corrected chi connectivity index (χ3v) is 7.88. The Morgan fingerprint density at radius 3 is 2.59 bits per heavy atom. The number of nitrogens with zero attached hydrogens (tertiary/aromatic N) is 3. The summed E-state index contributed by atoms with van der Waals surface area (Å²) >= 11 is 1.16. The van der Waals surface area contributed by atoms with Gasteiger partial charge < -0.3 is 4.90 Å². The van der Waals surface area contributed by atoms with Gasteiger partial charge in [0, 0.05) is 24.6 Å². The Labute approximate surface area is 190 Å². The molecule has 2 aromatic carbocycles. The SMILES string of the molecule is CCc1ccccc1N1C[C@H](c2nnc(NC(=O)CS(=O)(=O)c3ccccc3)s2)CC1=O. The summed E-state index contributed by atoms with van der Waals surface area (Å²) in [6.45, 7) is 2.54. The van der Waals surface area contributed by atoms with E-state index >= 15 is 0 Å². The highest BCUT2D eigenvalue weighted by atomic mass is 32.2. The van der Waals surface area contributed by atoms with Crippen LogP contribution in [0.3, 0.4) is 0 Å². The van der Waals surface area contributed by atoms with Crippen LogP contribution in [0.4, 0.5) is 10.8 Å². The van der Waals surface area contributed by atoms with E-state index in [-0.39, 0.29) is 21.9 Å². The van der Waals surface area contributed by atoms with Gasteiger partial charge in [-0.15, -0.1) is 10.2 Å². The summed E-state index contributed by atoms with van der Waals surface area (Å²) in [5.41, 5.74) is 2.01. The van der Waals surface area contributed by atoms with Crippen LogP contribution >= 0.6 is 11.3 Å². The molecule has 1 atom stereocenters. The second-order valence-corrected chi connectivity index (χ2v) is 10.5.